The highest BCUT2D eigenvalue weighted by Gasteiger charge is 2.16. The number of Topliss-reactive ketones (excluding diaryl/α,β-unsaturated/α-hetero) is 1. The van der Waals surface area contributed by atoms with Crippen LogP contribution in [0.4, 0.5) is 0 Å². The molecular weight excluding hydrogens is 250 g/mol. The van der Waals surface area contributed by atoms with Gasteiger partial charge in [-0.05, 0) is 32.7 Å². The Bertz CT molecular complexity index is 297. The van der Waals surface area contributed by atoms with Gasteiger partial charge in [0.05, 0.1) is 12.1 Å². The van der Waals surface area contributed by atoms with Gasteiger partial charge in [-0.15, -0.1) is 0 Å². The molecular formula is C12H23N3O4. The molecule has 19 heavy (non-hydrogen) atoms. The van der Waals surface area contributed by atoms with Crippen LogP contribution < -0.4 is 16.6 Å². The van der Waals surface area contributed by atoms with Crippen LogP contribution in [0.15, 0.2) is 0 Å². The van der Waals surface area contributed by atoms with Crippen molar-refractivity contribution in [1.82, 2.24) is 10.9 Å². The minimum absolute atomic E-state index is 0.0348. The van der Waals surface area contributed by atoms with E-state index < -0.39 is 12.0 Å². The van der Waals surface area contributed by atoms with E-state index in [9.17, 15) is 14.4 Å². The van der Waals surface area contributed by atoms with Crippen LogP contribution >= 0.6 is 0 Å². The number of carbonyl (C=O) groups is 3. The molecule has 7 heteroatoms. The van der Waals surface area contributed by atoms with Gasteiger partial charge in [-0.25, -0.2) is 10.9 Å². The predicted molar refractivity (Wildman–Crippen MR) is 70.4 cm³/mol. The molecule has 0 unspecified atom stereocenters. The fourth-order valence-corrected chi connectivity index (χ4v) is 1.53. The molecule has 0 bridgehead atoms. The first-order chi connectivity index (χ1) is 9.01. The van der Waals surface area contributed by atoms with Crippen molar-refractivity contribution in [3.63, 3.8) is 0 Å². The van der Waals surface area contributed by atoms with Crippen LogP contribution in [0.1, 0.15) is 39.0 Å². The van der Waals surface area contributed by atoms with Crippen molar-refractivity contribution in [3.8, 4) is 0 Å². The largest absolute Gasteiger partial charge is 0.481 e. The third-order valence-electron chi connectivity index (χ3n) is 2.71. The summed E-state index contributed by atoms with van der Waals surface area (Å²) in [7, 11) is 0. The fourth-order valence-electron chi connectivity index (χ4n) is 1.53. The molecule has 0 aliphatic carbocycles. The number of hydrogen-bond donors (Lipinski definition) is 4. The van der Waals surface area contributed by atoms with Gasteiger partial charge >= 0.3 is 5.97 Å². The molecule has 0 aromatic heterocycles. The fraction of sp³-hybridized carbons (Fsp3) is 0.750. The number of rotatable bonds is 12. The number of carbonyl (C=O) groups excluding carboxylic acids is 2. The van der Waals surface area contributed by atoms with Crippen LogP contribution in [-0.4, -0.2) is 41.8 Å². The molecule has 2 atom stereocenters. The zero-order valence-electron chi connectivity index (χ0n) is 11.2. The van der Waals surface area contributed by atoms with E-state index in [1.165, 1.54) is 6.92 Å². The topological polar surface area (TPSA) is 122 Å². The molecule has 0 radical (unpaired) electrons. The maximum atomic E-state index is 11.4. The van der Waals surface area contributed by atoms with E-state index in [1.54, 1.807) is 0 Å². The third kappa shape index (κ3) is 9.29. The quantitative estimate of drug-likeness (QED) is 0.217. The molecule has 0 spiro atoms. The van der Waals surface area contributed by atoms with Crippen molar-refractivity contribution in [1.29, 1.82) is 0 Å². The van der Waals surface area contributed by atoms with Crippen LogP contribution in [0, 0.1) is 0 Å². The zero-order chi connectivity index (χ0) is 14.7. The monoisotopic (exact) mass is 273 g/mol. The van der Waals surface area contributed by atoms with Crippen molar-refractivity contribution < 1.29 is 19.5 Å². The van der Waals surface area contributed by atoms with Gasteiger partial charge < -0.3 is 15.6 Å². The molecule has 5 N–H and O–H groups in total. The van der Waals surface area contributed by atoms with E-state index in [1.807, 2.05) is 0 Å². The Morgan fingerprint density at radius 2 is 1.95 bits per heavy atom. The van der Waals surface area contributed by atoms with Crippen LogP contribution in [0.5, 0.6) is 0 Å². The summed E-state index contributed by atoms with van der Waals surface area (Å²) < 4.78 is 0. The molecule has 0 fully saturated rings. The lowest BCUT2D eigenvalue weighted by Gasteiger charge is -2.19. The van der Waals surface area contributed by atoms with E-state index >= 15 is 0 Å². The first kappa shape index (κ1) is 17.7. The minimum atomic E-state index is -0.959. The van der Waals surface area contributed by atoms with Gasteiger partial charge in [0.2, 0.25) is 0 Å². The summed E-state index contributed by atoms with van der Waals surface area (Å²) in [5.41, 5.74) is 10.9. The van der Waals surface area contributed by atoms with E-state index in [-0.39, 0.29) is 24.7 Å². The molecule has 0 saturated heterocycles. The summed E-state index contributed by atoms with van der Waals surface area (Å²) in [6.45, 7) is 2.04. The molecule has 0 heterocycles. The SMILES string of the molecule is CC(=O)[C@H](CCCCN)NN[C@H](C=O)CCC(=O)O. The molecule has 0 aliphatic rings. The van der Waals surface area contributed by atoms with Gasteiger partial charge in [-0.3, -0.25) is 9.59 Å². The smallest absolute Gasteiger partial charge is 0.303 e. The second-order valence-corrected chi connectivity index (χ2v) is 4.41. The number of nitrogens with two attached hydrogens (primary N) is 1. The molecule has 110 valence electrons. The van der Waals surface area contributed by atoms with Crippen molar-refractivity contribution in [2.75, 3.05) is 6.54 Å². The van der Waals surface area contributed by atoms with Gasteiger partial charge in [-0.1, -0.05) is 6.42 Å². The Kier molecular flexibility index (Phi) is 9.87. The second-order valence-electron chi connectivity index (χ2n) is 4.41. The second kappa shape index (κ2) is 10.6. The lowest BCUT2D eigenvalue weighted by molar-refractivity contribution is -0.137. The number of unbranched alkanes of at least 4 members (excludes halogenated alkanes) is 1. The van der Waals surface area contributed by atoms with Crippen molar-refractivity contribution >= 4 is 18.0 Å². The maximum Gasteiger partial charge on any atom is 0.303 e. The number of carboxylic acids is 1. The molecule has 0 saturated carbocycles. The number of ketones is 1. The number of aliphatic carboxylic acids is 1. The number of carboxylic acid groups (broad SMARTS) is 1. The lowest BCUT2D eigenvalue weighted by Crippen LogP contribution is -2.50. The average molecular weight is 273 g/mol. The van der Waals surface area contributed by atoms with Crippen LogP contribution in [0.25, 0.3) is 0 Å². The van der Waals surface area contributed by atoms with Crippen molar-refractivity contribution in [2.24, 2.45) is 5.73 Å². The number of aldehydes is 1. The van der Waals surface area contributed by atoms with Crippen molar-refractivity contribution in [2.45, 2.75) is 51.1 Å². The summed E-state index contributed by atoms with van der Waals surface area (Å²) in [6, 6.07) is -1.01. The zero-order valence-corrected chi connectivity index (χ0v) is 11.2. The molecule has 7 nitrogen and oxygen atoms in total. The molecule has 0 amide bonds. The minimum Gasteiger partial charge on any atom is -0.481 e. The highest BCUT2D eigenvalue weighted by atomic mass is 16.4. The van der Waals surface area contributed by atoms with Gasteiger partial charge in [-0.2, -0.15) is 0 Å². The number of hydrazine groups is 1. The van der Waals surface area contributed by atoms with E-state index in [4.69, 9.17) is 10.8 Å². The molecule has 0 rings (SSSR count). The summed E-state index contributed by atoms with van der Waals surface area (Å²) in [4.78, 5) is 32.6. The highest BCUT2D eigenvalue weighted by Crippen LogP contribution is 2.01. The van der Waals surface area contributed by atoms with E-state index in [2.05, 4.69) is 10.9 Å². The van der Waals surface area contributed by atoms with Crippen molar-refractivity contribution in [3.05, 3.63) is 0 Å². The van der Waals surface area contributed by atoms with E-state index in [0.29, 0.717) is 19.3 Å². The Morgan fingerprint density at radius 1 is 1.26 bits per heavy atom. The molecule has 0 aromatic rings. The Hall–Kier alpha value is -1.31. The number of nitrogens with one attached hydrogen (secondary N) is 2. The van der Waals surface area contributed by atoms with Crippen LogP contribution in [0.2, 0.25) is 0 Å². The third-order valence-corrected chi connectivity index (χ3v) is 2.71. The first-order valence-electron chi connectivity index (χ1n) is 6.40. The predicted octanol–water partition coefficient (Wildman–Crippen LogP) is -0.400. The lowest BCUT2D eigenvalue weighted by atomic mass is 10.1. The van der Waals surface area contributed by atoms with Gasteiger partial charge in [0.15, 0.2) is 0 Å². The highest BCUT2D eigenvalue weighted by molar-refractivity contribution is 5.81. The summed E-state index contributed by atoms with van der Waals surface area (Å²) in [5, 5.41) is 8.54. The van der Waals surface area contributed by atoms with Gasteiger partial charge in [0, 0.05) is 6.42 Å². The van der Waals surface area contributed by atoms with Gasteiger partial charge in [0.1, 0.15) is 12.1 Å². The Morgan fingerprint density at radius 3 is 2.42 bits per heavy atom. The standard InChI is InChI=1S/C12H23N3O4/c1-9(17)11(4-2-3-7-13)15-14-10(8-16)5-6-12(18)19/h8,10-11,14-15H,2-7,13H2,1H3,(H,18,19)/t10-,11-/m0/s1. The van der Waals surface area contributed by atoms with Crippen LogP contribution in [-0.2, 0) is 14.4 Å². The Balaban J connectivity index is 4.08. The Labute approximate surface area is 112 Å². The first-order valence-corrected chi connectivity index (χ1v) is 6.40. The number of hydrogen-bond acceptors (Lipinski definition) is 6. The maximum absolute atomic E-state index is 11.4. The molecule has 0 aliphatic heterocycles. The normalized spacial score (nSPS) is 13.8. The summed E-state index contributed by atoms with van der Waals surface area (Å²) in [6.07, 6.45) is 2.99. The summed E-state index contributed by atoms with van der Waals surface area (Å²) in [5.74, 6) is -0.993. The van der Waals surface area contributed by atoms with Gasteiger partial charge in [0.25, 0.3) is 0 Å². The average Bonchev–Trinajstić information content (AvgIpc) is 2.36. The summed E-state index contributed by atoms with van der Waals surface area (Å²) >= 11 is 0. The molecule has 0 aromatic carbocycles. The van der Waals surface area contributed by atoms with Crippen LogP contribution in [0.3, 0.4) is 0 Å². The van der Waals surface area contributed by atoms with E-state index in [0.717, 1.165) is 12.8 Å².